The quantitative estimate of drug-likeness (QED) is 0.605. The van der Waals surface area contributed by atoms with E-state index in [2.05, 4.69) is 4.98 Å². The maximum atomic E-state index is 8.14. The topological polar surface area (TPSA) is 45.9 Å². The summed E-state index contributed by atoms with van der Waals surface area (Å²) in [4.78, 5) is 3.79. The summed E-state index contributed by atoms with van der Waals surface area (Å²) in [5.41, 5.74) is 0. The minimum Gasteiger partial charge on any atom is -0.479 e. The lowest BCUT2D eigenvalue weighted by molar-refractivity contribution is 0.367. The van der Waals surface area contributed by atoms with Gasteiger partial charge in [-0.05, 0) is 12.1 Å². The molecular weight excluding hydrogens is 128 g/mol. The molecular formula is C7H6N2O. The van der Waals surface area contributed by atoms with Crippen molar-refractivity contribution in [2.24, 2.45) is 0 Å². The number of nitrogens with zero attached hydrogens (tertiary/aromatic N) is 2. The minimum absolute atomic E-state index is 0.0873. The number of hydrogen-bond acceptors (Lipinski definition) is 3. The maximum absolute atomic E-state index is 8.14. The van der Waals surface area contributed by atoms with Gasteiger partial charge in [0.25, 0.3) is 0 Å². The highest BCUT2D eigenvalue weighted by molar-refractivity contribution is 5.17. The van der Waals surface area contributed by atoms with E-state index in [-0.39, 0.29) is 6.61 Å². The number of ether oxygens (including phenoxy) is 1. The second kappa shape index (κ2) is 3.46. The van der Waals surface area contributed by atoms with Crippen LogP contribution in [-0.4, -0.2) is 11.6 Å². The molecule has 0 aliphatic rings. The molecule has 0 radical (unpaired) electrons. The molecule has 0 saturated carbocycles. The molecule has 1 aromatic rings. The zero-order valence-corrected chi connectivity index (χ0v) is 5.32. The molecule has 10 heavy (non-hydrogen) atoms. The van der Waals surface area contributed by atoms with Gasteiger partial charge in [-0.1, -0.05) is 0 Å². The fourth-order valence-electron chi connectivity index (χ4n) is 0.550. The lowest BCUT2D eigenvalue weighted by Crippen LogP contribution is -1.92. The Kier molecular flexibility index (Phi) is 2.27. The van der Waals surface area contributed by atoms with E-state index in [1.807, 2.05) is 6.07 Å². The van der Waals surface area contributed by atoms with Gasteiger partial charge in [-0.25, -0.2) is 0 Å². The number of rotatable bonds is 2. The Labute approximate surface area is 58.9 Å². The SMILES string of the molecule is N#CCOc1ccncc1. The fraction of sp³-hybridized carbons (Fsp3) is 0.143. The van der Waals surface area contributed by atoms with Gasteiger partial charge in [0.05, 0.1) is 0 Å². The van der Waals surface area contributed by atoms with Crippen LogP contribution in [0.25, 0.3) is 0 Å². The third kappa shape index (κ3) is 1.75. The zero-order chi connectivity index (χ0) is 7.23. The molecule has 1 aromatic heterocycles. The van der Waals surface area contributed by atoms with E-state index in [9.17, 15) is 0 Å². The average Bonchev–Trinajstić information content (AvgIpc) is 2.03. The second-order valence-corrected chi connectivity index (χ2v) is 1.63. The first-order valence-corrected chi connectivity index (χ1v) is 2.83. The average molecular weight is 134 g/mol. The fourth-order valence-corrected chi connectivity index (χ4v) is 0.550. The second-order valence-electron chi connectivity index (χ2n) is 1.63. The van der Waals surface area contributed by atoms with Gasteiger partial charge in [0, 0.05) is 12.4 Å². The van der Waals surface area contributed by atoms with Crippen LogP contribution in [-0.2, 0) is 0 Å². The van der Waals surface area contributed by atoms with Crippen molar-refractivity contribution in [3.63, 3.8) is 0 Å². The molecule has 0 aromatic carbocycles. The monoisotopic (exact) mass is 134 g/mol. The number of hydrogen-bond donors (Lipinski definition) is 0. The van der Waals surface area contributed by atoms with Crippen LogP contribution in [0.1, 0.15) is 0 Å². The third-order valence-corrected chi connectivity index (χ3v) is 0.953. The maximum Gasteiger partial charge on any atom is 0.174 e. The minimum atomic E-state index is 0.0873. The van der Waals surface area contributed by atoms with Crippen LogP contribution < -0.4 is 4.74 Å². The first-order valence-electron chi connectivity index (χ1n) is 2.83. The Morgan fingerprint density at radius 3 is 2.80 bits per heavy atom. The van der Waals surface area contributed by atoms with Crippen LogP contribution in [0, 0.1) is 11.3 Å². The van der Waals surface area contributed by atoms with E-state index >= 15 is 0 Å². The highest BCUT2D eigenvalue weighted by Crippen LogP contribution is 2.05. The van der Waals surface area contributed by atoms with Gasteiger partial charge < -0.3 is 4.74 Å². The van der Waals surface area contributed by atoms with Crippen molar-refractivity contribution < 1.29 is 4.74 Å². The summed E-state index contributed by atoms with van der Waals surface area (Å²) in [6, 6.07) is 5.28. The summed E-state index contributed by atoms with van der Waals surface area (Å²) >= 11 is 0. The Balaban J connectivity index is 2.52. The predicted octanol–water partition coefficient (Wildman–Crippen LogP) is 0.984. The Hall–Kier alpha value is -1.56. The van der Waals surface area contributed by atoms with Crippen LogP contribution in [0.15, 0.2) is 24.5 Å². The Morgan fingerprint density at radius 2 is 2.20 bits per heavy atom. The smallest absolute Gasteiger partial charge is 0.174 e. The van der Waals surface area contributed by atoms with Crippen LogP contribution in [0.4, 0.5) is 0 Å². The van der Waals surface area contributed by atoms with E-state index in [0.29, 0.717) is 5.75 Å². The Morgan fingerprint density at radius 1 is 1.50 bits per heavy atom. The van der Waals surface area contributed by atoms with E-state index in [1.165, 1.54) is 0 Å². The van der Waals surface area contributed by atoms with Crippen molar-refractivity contribution >= 4 is 0 Å². The molecule has 0 spiro atoms. The van der Waals surface area contributed by atoms with Crippen molar-refractivity contribution in [1.29, 1.82) is 5.26 Å². The summed E-state index contributed by atoms with van der Waals surface area (Å²) in [6.45, 7) is 0.0873. The van der Waals surface area contributed by atoms with E-state index in [4.69, 9.17) is 10.00 Å². The van der Waals surface area contributed by atoms with E-state index < -0.39 is 0 Å². The molecule has 0 fully saturated rings. The lowest BCUT2D eigenvalue weighted by atomic mass is 10.5. The van der Waals surface area contributed by atoms with Gasteiger partial charge in [-0.15, -0.1) is 0 Å². The normalized spacial score (nSPS) is 8.30. The first kappa shape index (κ1) is 6.56. The summed E-state index contributed by atoms with van der Waals surface area (Å²) in [5.74, 6) is 0.677. The lowest BCUT2D eigenvalue weighted by Gasteiger charge is -1.97. The molecule has 0 N–H and O–H groups in total. The Bertz CT molecular complexity index is 227. The number of nitriles is 1. The van der Waals surface area contributed by atoms with Crippen LogP contribution in [0.5, 0.6) is 5.75 Å². The van der Waals surface area contributed by atoms with Crippen molar-refractivity contribution in [2.45, 2.75) is 0 Å². The molecule has 0 amide bonds. The molecule has 0 bridgehead atoms. The highest BCUT2D eigenvalue weighted by Gasteiger charge is 1.87. The molecule has 0 unspecified atom stereocenters. The van der Waals surface area contributed by atoms with Crippen molar-refractivity contribution in [2.75, 3.05) is 6.61 Å². The van der Waals surface area contributed by atoms with Gasteiger partial charge in [-0.2, -0.15) is 5.26 Å². The molecule has 1 heterocycles. The van der Waals surface area contributed by atoms with Gasteiger partial charge in [-0.3, -0.25) is 4.98 Å². The van der Waals surface area contributed by atoms with Crippen molar-refractivity contribution in [3.05, 3.63) is 24.5 Å². The summed E-state index contributed by atoms with van der Waals surface area (Å²) in [6.07, 6.45) is 3.24. The zero-order valence-electron chi connectivity index (χ0n) is 5.32. The van der Waals surface area contributed by atoms with Gasteiger partial charge in [0.2, 0.25) is 0 Å². The number of aromatic nitrogens is 1. The van der Waals surface area contributed by atoms with Crippen molar-refractivity contribution in [3.8, 4) is 11.8 Å². The summed E-state index contributed by atoms with van der Waals surface area (Å²) in [5, 5.41) is 8.14. The van der Waals surface area contributed by atoms with Gasteiger partial charge in [0.1, 0.15) is 11.8 Å². The van der Waals surface area contributed by atoms with Crippen LogP contribution in [0.3, 0.4) is 0 Å². The molecule has 0 atom stereocenters. The van der Waals surface area contributed by atoms with Crippen LogP contribution in [0.2, 0.25) is 0 Å². The van der Waals surface area contributed by atoms with Gasteiger partial charge in [0.15, 0.2) is 6.61 Å². The van der Waals surface area contributed by atoms with E-state index in [1.54, 1.807) is 24.5 Å². The van der Waals surface area contributed by atoms with Crippen LogP contribution >= 0.6 is 0 Å². The predicted molar refractivity (Wildman–Crippen MR) is 35.3 cm³/mol. The molecule has 50 valence electrons. The highest BCUT2D eigenvalue weighted by atomic mass is 16.5. The molecule has 3 heteroatoms. The van der Waals surface area contributed by atoms with E-state index in [0.717, 1.165) is 0 Å². The third-order valence-electron chi connectivity index (χ3n) is 0.953. The molecule has 0 aliphatic carbocycles. The standard InChI is InChI=1S/C7H6N2O/c8-3-6-10-7-1-4-9-5-2-7/h1-2,4-5H,6H2. The van der Waals surface area contributed by atoms with Gasteiger partial charge >= 0.3 is 0 Å². The summed E-state index contributed by atoms with van der Waals surface area (Å²) < 4.78 is 4.95. The summed E-state index contributed by atoms with van der Waals surface area (Å²) in [7, 11) is 0. The van der Waals surface area contributed by atoms with Crippen molar-refractivity contribution in [1.82, 2.24) is 4.98 Å². The molecule has 1 rings (SSSR count). The first-order chi connectivity index (χ1) is 4.93. The molecule has 0 saturated heterocycles. The molecule has 3 nitrogen and oxygen atoms in total. The number of pyridine rings is 1. The molecule has 0 aliphatic heterocycles. The largest absolute Gasteiger partial charge is 0.479 e.